The normalized spacial score (nSPS) is 11.8. The molecule has 2 aromatic rings. The Labute approximate surface area is 143 Å². The lowest BCUT2D eigenvalue weighted by Crippen LogP contribution is -2.26. The number of likely N-dealkylation sites (N-methyl/N-ethyl adjacent to an activating group) is 1. The highest BCUT2D eigenvalue weighted by atomic mass is 16.5. The van der Waals surface area contributed by atoms with Crippen LogP contribution in [0.25, 0.3) is 0 Å². The molecule has 1 atom stereocenters. The van der Waals surface area contributed by atoms with Gasteiger partial charge in [0.1, 0.15) is 12.4 Å². The number of carbonyl (C=O) groups excluding carboxylic acids is 1. The number of nitrogens with one attached hydrogen (secondary N) is 1. The molecule has 0 spiro atoms. The fraction of sp³-hybridized carbons (Fsp3) is 0.350. The van der Waals surface area contributed by atoms with Crippen LogP contribution >= 0.6 is 0 Å². The lowest BCUT2D eigenvalue weighted by molar-refractivity contribution is -0.129. The van der Waals surface area contributed by atoms with Crippen molar-refractivity contribution in [2.24, 2.45) is 0 Å². The monoisotopic (exact) mass is 327 g/mol. The number of aryl methyl sites for hydroxylation is 2. The Bertz CT molecular complexity index is 697. The highest BCUT2D eigenvalue weighted by Crippen LogP contribution is 2.24. The quantitative estimate of drug-likeness (QED) is 0.821. The summed E-state index contributed by atoms with van der Waals surface area (Å²) in [6, 6.07) is 13.5. The van der Waals surface area contributed by atoms with Gasteiger partial charge in [0.05, 0.1) is 0 Å². The number of benzene rings is 2. The average molecular weight is 327 g/mol. The molecule has 0 aliphatic heterocycles. The standard InChI is InChI=1S/C20H25NO3/c1-4-14-10-11-18(15(5-2)12-14)24-13-16-8-6-7-9-17(16)19(22)20(23)21-3/h6-12,19,22H,4-5,13H2,1-3H3,(H,21,23). The van der Waals surface area contributed by atoms with Crippen LogP contribution in [0.3, 0.4) is 0 Å². The molecular formula is C20H25NO3. The summed E-state index contributed by atoms with van der Waals surface area (Å²) in [7, 11) is 1.51. The molecule has 0 saturated carbocycles. The van der Waals surface area contributed by atoms with E-state index >= 15 is 0 Å². The van der Waals surface area contributed by atoms with Crippen LogP contribution in [0.15, 0.2) is 42.5 Å². The Morgan fingerprint density at radius 2 is 1.88 bits per heavy atom. The number of aliphatic hydroxyl groups is 1. The molecule has 4 nitrogen and oxygen atoms in total. The van der Waals surface area contributed by atoms with Crippen molar-refractivity contribution < 1.29 is 14.6 Å². The molecule has 0 aromatic heterocycles. The first-order valence-electron chi connectivity index (χ1n) is 8.32. The van der Waals surface area contributed by atoms with Gasteiger partial charge in [-0.3, -0.25) is 4.79 Å². The van der Waals surface area contributed by atoms with Gasteiger partial charge in [-0.2, -0.15) is 0 Å². The zero-order chi connectivity index (χ0) is 17.5. The third-order valence-electron chi connectivity index (χ3n) is 4.14. The molecule has 24 heavy (non-hydrogen) atoms. The molecule has 1 amide bonds. The predicted molar refractivity (Wildman–Crippen MR) is 95.0 cm³/mol. The Morgan fingerprint density at radius 1 is 1.12 bits per heavy atom. The van der Waals surface area contributed by atoms with Crippen LogP contribution in [0.4, 0.5) is 0 Å². The van der Waals surface area contributed by atoms with Crippen molar-refractivity contribution in [3.63, 3.8) is 0 Å². The summed E-state index contributed by atoms with van der Waals surface area (Å²) in [6.45, 7) is 4.54. The van der Waals surface area contributed by atoms with E-state index in [4.69, 9.17) is 4.74 Å². The summed E-state index contributed by atoms with van der Waals surface area (Å²) in [5, 5.41) is 12.6. The number of hydrogen-bond acceptors (Lipinski definition) is 3. The Morgan fingerprint density at radius 3 is 2.54 bits per heavy atom. The molecule has 2 rings (SSSR count). The van der Waals surface area contributed by atoms with E-state index in [9.17, 15) is 9.90 Å². The van der Waals surface area contributed by atoms with Crippen molar-refractivity contribution in [3.05, 3.63) is 64.7 Å². The van der Waals surface area contributed by atoms with Crippen LogP contribution in [0.2, 0.25) is 0 Å². The minimum absolute atomic E-state index is 0.308. The molecular weight excluding hydrogens is 302 g/mol. The van der Waals surface area contributed by atoms with Crippen molar-refractivity contribution in [3.8, 4) is 5.75 Å². The third kappa shape index (κ3) is 4.15. The molecule has 1 unspecified atom stereocenters. The van der Waals surface area contributed by atoms with E-state index in [1.54, 1.807) is 12.1 Å². The first-order chi connectivity index (χ1) is 11.6. The third-order valence-corrected chi connectivity index (χ3v) is 4.14. The fourth-order valence-electron chi connectivity index (χ4n) is 2.64. The van der Waals surface area contributed by atoms with Gasteiger partial charge in [0.2, 0.25) is 0 Å². The van der Waals surface area contributed by atoms with Crippen molar-refractivity contribution in [1.82, 2.24) is 5.32 Å². The maximum Gasteiger partial charge on any atom is 0.253 e. The van der Waals surface area contributed by atoms with E-state index in [1.807, 2.05) is 18.2 Å². The largest absolute Gasteiger partial charge is 0.489 e. The predicted octanol–water partition coefficient (Wildman–Crippen LogP) is 3.17. The zero-order valence-corrected chi connectivity index (χ0v) is 14.5. The second-order valence-corrected chi connectivity index (χ2v) is 5.65. The molecule has 0 radical (unpaired) electrons. The van der Waals surface area contributed by atoms with E-state index in [0.29, 0.717) is 12.2 Å². The van der Waals surface area contributed by atoms with Crippen LogP contribution in [-0.2, 0) is 24.2 Å². The van der Waals surface area contributed by atoms with E-state index in [-0.39, 0.29) is 0 Å². The first kappa shape index (κ1) is 18.0. The summed E-state index contributed by atoms with van der Waals surface area (Å²) in [5.41, 5.74) is 3.82. The Kier molecular flexibility index (Phi) is 6.38. The number of hydrogen-bond donors (Lipinski definition) is 2. The van der Waals surface area contributed by atoms with Gasteiger partial charge in [0.25, 0.3) is 5.91 Å². The van der Waals surface area contributed by atoms with Crippen LogP contribution in [0.5, 0.6) is 5.75 Å². The summed E-state index contributed by atoms with van der Waals surface area (Å²) in [4.78, 5) is 11.7. The summed E-state index contributed by atoms with van der Waals surface area (Å²) >= 11 is 0. The number of carbonyl (C=O) groups is 1. The summed E-state index contributed by atoms with van der Waals surface area (Å²) in [6.07, 6.45) is 0.697. The second-order valence-electron chi connectivity index (χ2n) is 5.65. The molecule has 0 fully saturated rings. The van der Waals surface area contributed by atoms with Gasteiger partial charge in [0, 0.05) is 7.05 Å². The van der Waals surface area contributed by atoms with Crippen LogP contribution in [-0.4, -0.2) is 18.1 Å². The molecule has 0 bridgehead atoms. The van der Waals surface area contributed by atoms with Crippen molar-refractivity contribution in [2.45, 2.75) is 39.4 Å². The van der Waals surface area contributed by atoms with E-state index in [2.05, 4.69) is 31.3 Å². The van der Waals surface area contributed by atoms with Crippen LogP contribution < -0.4 is 10.1 Å². The van der Waals surface area contributed by atoms with Gasteiger partial charge in [-0.15, -0.1) is 0 Å². The second kappa shape index (κ2) is 8.50. The number of ether oxygens (including phenoxy) is 1. The molecule has 2 aromatic carbocycles. The van der Waals surface area contributed by atoms with Crippen molar-refractivity contribution in [1.29, 1.82) is 0 Å². The average Bonchev–Trinajstić information content (AvgIpc) is 2.65. The highest BCUT2D eigenvalue weighted by Gasteiger charge is 2.19. The summed E-state index contributed by atoms with van der Waals surface area (Å²) < 4.78 is 5.97. The van der Waals surface area contributed by atoms with Gasteiger partial charge in [-0.25, -0.2) is 0 Å². The Hall–Kier alpha value is -2.33. The Balaban J connectivity index is 2.20. The molecule has 4 heteroatoms. The lowest BCUT2D eigenvalue weighted by atomic mass is 10.0. The minimum Gasteiger partial charge on any atom is -0.489 e. The van der Waals surface area contributed by atoms with Crippen molar-refractivity contribution >= 4 is 5.91 Å². The van der Waals surface area contributed by atoms with Gasteiger partial charge >= 0.3 is 0 Å². The van der Waals surface area contributed by atoms with Gasteiger partial charge in [-0.05, 0) is 41.2 Å². The van der Waals surface area contributed by atoms with Crippen LogP contribution in [0, 0.1) is 0 Å². The van der Waals surface area contributed by atoms with Gasteiger partial charge in [-0.1, -0.05) is 50.2 Å². The number of rotatable bonds is 7. The van der Waals surface area contributed by atoms with Crippen molar-refractivity contribution in [2.75, 3.05) is 7.05 Å². The summed E-state index contributed by atoms with van der Waals surface area (Å²) in [5.74, 6) is 0.419. The lowest BCUT2D eigenvalue weighted by Gasteiger charge is -2.16. The topological polar surface area (TPSA) is 58.6 Å². The van der Waals surface area contributed by atoms with E-state index in [1.165, 1.54) is 18.2 Å². The maximum absolute atomic E-state index is 11.7. The van der Waals surface area contributed by atoms with Gasteiger partial charge in [0.15, 0.2) is 6.10 Å². The van der Waals surface area contributed by atoms with E-state index in [0.717, 1.165) is 24.2 Å². The first-order valence-corrected chi connectivity index (χ1v) is 8.32. The minimum atomic E-state index is -1.19. The zero-order valence-electron chi connectivity index (χ0n) is 14.5. The number of aliphatic hydroxyl groups excluding tert-OH is 1. The molecule has 0 aliphatic carbocycles. The maximum atomic E-state index is 11.7. The highest BCUT2D eigenvalue weighted by molar-refractivity contribution is 5.82. The van der Waals surface area contributed by atoms with E-state index < -0.39 is 12.0 Å². The molecule has 0 saturated heterocycles. The van der Waals surface area contributed by atoms with Gasteiger partial charge < -0.3 is 15.2 Å². The molecule has 0 aliphatic rings. The fourth-order valence-corrected chi connectivity index (χ4v) is 2.64. The smallest absolute Gasteiger partial charge is 0.253 e. The molecule has 0 heterocycles. The molecule has 2 N–H and O–H groups in total. The SMILES string of the molecule is CCc1ccc(OCc2ccccc2C(O)C(=O)NC)c(CC)c1. The van der Waals surface area contributed by atoms with Crippen LogP contribution in [0.1, 0.15) is 42.2 Å². The molecule has 128 valence electrons. The number of amides is 1.